The van der Waals surface area contributed by atoms with Gasteiger partial charge in [0, 0.05) is 18.7 Å². The Balaban J connectivity index is 2.03. The third kappa shape index (κ3) is 3.73. The number of thiocarbonyl (C=S) groups is 1. The van der Waals surface area contributed by atoms with Crippen LogP contribution in [0.4, 0.5) is 0 Å². The number of nitrogens with two attached hydrogens (primary N) is 1. The Bertz CT molecular complexity index is 549. The molecule has 0 amide bonds. The Kier molecular flexibility index (Phi) is 4.51. The van der Waals surface area contributed by atoms with E-state index in [4.69, 9.17) is 22.7 Å². The standard InChI is InChI=1S/C12H16N2O3S2/c13-12(18)10-1-3-11(4-2-10)19(15,16)14-7-9-5-6-17-8-9/h1-4,9,14H,5-8H2,(H2,13,18). The zero-order chi connectivity index (χ0) is 13.9. The second-order valence-electron chi connectivity index (χ2n) is 4.47. The Morgan fingerprint density at radius 1 is 1.42 bits per heavy atom. The van der Waals surface area contributed by atoms with Gasteiger partial charge in [0.2, 0.25) is 10.0 Å². The number of ether oxygens (including phenoxy) is 1. The van der Waals surface area contributed by atoms with Gasteiger partial charge in [0.05, 0.1) is 11.5 Å². The van der Waals surface area contributed by atoms with Crippen LogP contribution in [0.1, 0.15) is 12.0 Å². The highest BCUT2D eigenvalue weighted by atomic mass is 32.2. The minimum absolute atomic E-state index is 0.214. The molecule has 2 rings (SSSR count). The zero-order valence-electron chi connectivity index (χ0n) is 10.3. The van der Waals surface area contributed by atoms with Gasteiger partial charge in [0.15, 0.2) is 0 Å². The molecule has 1 saturated heterocycles. The molecule has 7 heteroatoms. The molecule has 1 fully saturated rings. The minimum Gasteiger partial charge on any atom is -0.389 e. The van der Waals surface area contributed by atoms with Gasteiger partial charge in [-0.15, -0.1) is 0 Å². The van der Waals surface area contributed by atoms with Crippen molar-refractivity contribution in [1.82, 2.24) is 4.72 Å². The summed E-state index contributed by atoms with van der Waals surface area (Å²) in [5, 5.41) is 0. The summed E-state index contributed by atoms with van der Waals surface area (Å²) in [6.45, 7) is 1.72. The number of hydrogen-bond donors (Lipinski definition) is 2. The predicted molar refractivity (Wildman–Crippen MR) is 76.4 cm³/mol. The average molecular weight is 300 g/mol. The Morgan fingerprint density at radius 3 is 2.63 bits per heavy atom. The van der Waals surface area contributed by atoms with Gasteiger partial charge in [0.1, 0.15) is 4.99 Å². The molecule has 0 spiro atoms. The van der Waals surface area contributed by atoms with E-state index in [1.165, 1.54) is 12.1 Å². The van der Waals surface area contributed by atoms with Crippen LogP contribution in [0.3, 0.4) is 0 Å². The Hall–Kier alpha value is -1.02. The molecule has 1 atom stereocenters. The fraction of sp³-hybridized carbons (Fsp3) is 0.417. The first-order chi connectivity index (χ1) is 8.99. The molecule has 1 aliphatic heterocycles. The van der Waals surface area contributed by atoms with Crippen LogP contribution in [0.2, 0.25) is 0 Å². The summed E-state index contributed by atoms with van der Waals surface area (Å²) in [5.41, 5.74) is 6.12. The molecule has 1 unspecified atom stereocenters. The van der Waals surface area contributed by atoms with Gasteiger partial charge in [-0.05, 0) is 24.5 Å². The summed E-state index contributed by atoms with van der Waals surface area (Å²) in [4.78, 5) is 0.464. The van der Waals surface area contributed by atoms with E-state index >= 15 is 0 Å². The molecule has 0 saturated carbocycles. The average Bonchev–Trinajstić information content (AvgIpc) is 2.90. The van der Waals surface area contributed by atoms with E-state index < -0.39 is 10.0 Å². The van der Waals surface area contributed by atoms with E-state index in [0.717, 1.165) is 6.42 Å². The highest BCUT2D eigenvalue weighted by Gasteiger charge is 2.20. The van der Waals surface area contributed by atoms with Crippen molar-refractivity contribution in [1.29, 1.82) is 0 Å². The maximum absolute atomic E-state index is 12.1. The number of sulfonamides is 1. The minimum atomic E-state index is -3.48. The maximum Gasteiger partial charge on any atom is 0.240 e. The van der Waals surface area contributed by atoms with E-state index in [0.29, 0.717) is 25.3 Å². The van der Waals surface area contributed by atoms with Crippen molar-refractivity contribution in [3.8, 4) is 0 Å². The van der Waals surface area contributed by atoms with Gasteiger partial charge in [0.25, 0.3) is 0 Å². The largest absolute Gasteiger partial charge is 0.389 e. The van der Waals surface area contributed by atoms with Crippen molar-refractivity contribution in [2.75, 3.05) is 19.8 Å². The summed E-state index contributed by atoms with van der Waals surface area (Å²) < 4.78 is 31.9. The molecule has 5 nitrogen and oxygen atoms in total. The zero-order valence-corrected chi connectivity index (χ0v) is 12.0. The predicted octanol–water partition coefficient (Wildman–Crippen LogP) is 0.636. The van der Waals surface area contributed by atoms with E-state index in [9.17, 15) is 8.42 Å². The fourth-order valence-electron chi connectivity index (χ4n) is 1.85. The fourth-order valence-corrected chi connectivity index (χ4v) is 3.11. The summed E-state index contributed by atoms with van der Waals surface area (Å²) in [6, 6.07) is 6.22. The lowest BCUT2D eigenvalue weighted by atomic mass is 10.1. The lowest BCUT2D eigenvalue weighted by Crippen LogP contribution is -2.29. The normalized spacial score (nSPS) is 19.5. The van der Waals surface area contributed by atoms with Crippen molar-refractivity contribution >= 4 is 27.2 Å². The number of nitrogens with one attached hydrogen (secondary N) is 1. The van der Waals surface area contributed by atoms with Crippen LogP contribution in [0.25, 0.3) is 0 Å². The van der Waals surface area contributed by atoms with Crippen LogP contribution < -0.4 is 10.5 Å². The van der Waals surface area contributed by atoms with Crippen LogP contribution in [0, 0.1) is 5.92 Å². The molecular formula is C12H16N2O3S2. The van der Waals surface area contributed by atoms with Gasteiger partial charge >= 0.3 is 0 Å². The first-order valence-corrected chi connectivity index (χ1v) is 7.85. The summed E-state index contributed by atoms with van der Waals surface area (Å²) in [7, 11) is -3.48. The Labute approximate surface area is 118 Å². The molecule has 0 aromatic heterocycles. The summed E-state index contributed by atoms with van der Waals surface area (Å²) in [5.74, 6) is 0.255. The molecule has 1 aromatic rings. The van der Waals surface area contributed by atoms with Gasteiger partial charge < -0.3 is 10.5 Å². The second kappa shape index (κ2) is 5.96. The van der Waals surface area contributed by atoms with Crippen molar-refractivity contribution in [3.63, 3.8) is 0 Å². The molecule has 104 valence electrons. The van der Waals surface area contributed by atoms with Gasteiger partial charge in [-0.1, -0.05) is 24.4 Å². The van der Waals surface area contributed by atoms with Gasteiger partial charge in [-0.25, -0.2) is 13.1 Å². The molecule has 0 aliphatic carbocycles. The second-order valence-corrected chi connectivity index (χ2v) is 6.68. The highest BCUT2D eigenvalue weighted by Crippen LogP contribution is 2.14. The summed E-state index contributed by atoms with van der Waals surface area (Å²) >= 11 is 4.82. The first-order valence-electron chi connectivity index (χ1n) is 5.96. The molecule has 3 N–H and O–H groups in total. The Morgan fingerprint density at radius 2 is 2.11 bits per heavy atom. The third-order valence-electron chi connectivity index (χ3n) is 3.04. The van der Waals surface area contributed by atoms with Crippen LogP contribution in [-0.4, -0.2) is 33.2 Å². The lowest BCUT2D eigenvalue weighted by Gasteiger charge is -2.10. The maximum atomic E-state index is 12.1. The number of benzene rings is 1. The summed E-state index contributed by atoms with van der Waals surface area (Å²) in [6.07, 6.45) is 0.892. The topological polar surface area (TPSA) is 81.4 Å². The van der Waals surface area contributed by atoms with Crippen molar-refractivity contribution in [3.05, 3.63) is 29.8 Å². The molecule has 1 aliphatic rings. The quantitative estimate of drug-likeness (QED) is 0.780. The molecule has 19 heavy (non-hydrogen) atoms. The van der Waals surface area contributed by atoms with E-state index in [1.807, 2.05) is 0 Å². The van der Waals surface area contributed by atoms with Crippen LogP contribution in [0.5, 0.6) is 0 Å². The number of hydrogen-bond acceptors (Lipinski definition) is 4. The van der Waals surface area contributed by atoms with Crippen molar-refractivity contribution in [2.45, 2.75) is 11.3 Å². The molecular weight excluding hydrogens is 284 g/mol. The highest BCUT2D eigenvalue weighted by molar-refractivity contribution is 7.89. The lowest BCUT2D eigenvalue weighted by molar-refractivity contribution is 0.186. The van der Waals surface area contributed by atoms with Crippen LogP contribution in [0.15, 0.2) is 29.2 Å². The van der Waals surface area contributed by atoms with Gasteiger partial charge in [-0.3, -0.25) is 0 Å². The van der Waals surface area contributed by atoms with E-state index in [-0.39, 0.29) is 15.8 Å². The molecule has 1 heterocycles. The molecule has 0 bridgehead atoms. The smallest absolute Gasteiger partial charge is 0.240 e. The van der Waals surface area contributed by atoms with Gasteiger partial charge in [-0.2, -0.15) is 0 Å². The first kappa shape index (κ1) is 14.4. The third-order valence-corrected chi connectivity index (χ3v) is 4.71. The molecule has 0 radical (unpaired) electrons. The SMILES string of the molecule is NC(=S)c1ccc(S(=O)(=O)NCC2CCOC2)cc1. The van der Waals surface area contributed by atoms with E-state index in [1.54, 1.807) is 12.1 Å². The number of rotatable bonds is 5. The monoisotopic (exact) mass is 300 g/mol. The van der Waals surface area contributed by atoms with Crippen molar-refractivity contribution < 1.29 is 13.2 Å². The van der Waals surface area contributed by atoms with Crippen molar-refractivity contribution in [2.24, 2.45) is 11.7 Å². The van der Waals surface area contributed by atoms with Crippen LogP contribution in [-0.2, 0) is 14.8 Å². The van der Waals surface area contributed by atoms with Crippen LogP contribution >= 0.6 is 12.2 Å². The van der Waals surface area contributed by atoms with E-state index in [2.05, 4.69) is 4.72 Å². The molecule has 1 aromatic carbocycles.